The van der Waals surface area contributed by atoms with Crippen LogP contribution < -0.4 is 10.6 Å². The highest BCUT2D eigenvalue weighted by molar-refractivity contribution is 6.33. The molecule has 0 aliphatic carbocycles. The summed E-state index contributed by atoms with van der Waals surface area (Å²) in [6.07, 6.45) is 4.59. The number of hydrogen-bond acceptors (Lipinski definition) is 3. The van der Waals surface area contributed by atoms with Crippen molar-refractivity contribution in [1.29, 1.82) is 0 Å². The van der Waals surface area contributed by atoms with Gasteiger partial charge < -0.3 is 10.6 Å². The summed E-state index contributed by atoms with van der Waals surface area (Å²) < 4.78 is 0. The van der Waals surface area contributed by atoms with Gasteiger partial charge in [0.15, 0.2) is 0 Å². The number of halogens is 1. The molecule has 0 fully saturated rings. The number of amides is 1. The maximum absolute atomic E-state index is 12.2. The number of carbonyl (C=O) groups is 1. The molecule has 0 radical (unpaired) electrons. The molecule has 0 saturated heterocycles. The van der Waals surface area contributed by atoms with Gasteiger partial charge >= 0.3 is 0 Å². The fraction of sp³-hybridized carbons (Fsp3) is 0.625. The van der Waals surface area contributed by atoms with Gasteiger partial charge in [-0.1, -0.05) is 44.7 Å². The third-order valence-corrected chi connectivity index (χ3v) is 3.82. The lowest BCUT2D eigenvalue weighted by atomic mass is 9.99. The van der Waals surface area contributed by atoms with Gasteiger partial charge in [0, 0.05) is 13.1 Å². The average Bonchev–Trinajstić information content (AvgIpc) is 2.49. The molecule has 0 saturated carbocycles. The molecule has 0 spiro atoms. The highest BCUT2D eigenvalue weighted by atomic mass is 35.5. The minimum atomic E-state index is -0.199. The fourth-order valence-corrected chi connectivity index (χ4v) is 2.34. The van der Waals surface area contributed by atoms with Crippen molar-refractivity contribution >= 4 is 23.3 Å². The number of carbonyl (C=O) groups excluding carboxylic acids is 1. The highest BCUT2D eigenvalue weighted by Crippen LogP contribution is 2.17. The molecule has 0 aliphatic heterocycles. The van der Waals surface area contributed by atoms with Gasteiger partial charge in [0.1, 0.15) is 11.5 Å². The third-order valence-electron chi connectivity index (χ3n) is 3.51. The molecule has 118 valence electrons. The summed E-state index contributed by atoms with van der Waals surface area (Å²) in [6, 6.07) is 3.48. The SMILES string of the molecule is CCCCC(CC)CNC(=O)c1nc(NCC)ccc1Cl. The van der Waals surface area contributed by atoms with E-state index >= 15 is 0 Å². The normalized spacial score (nSPS) is 12.0. The van der Waals surface area contributed by atoms with E-state index in [2.05, 4.69) is 29.5 Å². The Labute approximate surface area is 132 Å². The molecule has 0 bridgehead atoms. The van der Waals surface area contributed by atoms with Crippen LogP contribution in [0.15, 0.2) is 12.1 Å². The quantitative estimate of drug-likeness (QED) is 0.721. The molecule has 1 aromatic rings. The number of anilines is 1. The highest BCUT2D eigenvalue weighted by Gasteiger charge is 2.14. The van der Waals surface area contributed by atoms with Crippen LogP contribution in [0.5, 0.6) is 0 Å². The molecule has 1 rings (SSSR count). The lowest BCUT2D eigenvalue weighted by Gasteiger charge is -2.15. The summed E-state index contributed by atoms with van der Waals surface area (Å²) in [5.41, 5.74) is 0.292. The zero-order valence-corrected chi connectivity index (χ0v) is 14.0. The molecular weight excluding hydrogens is 286 g/mol. The Morgan fingerprint density at radius 2 is 2.10 bits per heavy atom. The Bertz CT molecular complexity index is 451. The Kier molecular flexibility index (Phi) is 8.13. The van der Waals surface area contributed by atoms with Crippen LogP contribution in [0.2, 0.25) is 5.02 Å². The third kappa shape index (κ3) is 5.92. The lowest BCUT2D eigenvalue weighted by Crippen LogP contribution is -2.30. The molecule has 0 aromatic carbocycles. The van der Waals surface area contributed by atoms with Gasteiger partial charge in [-0.2, -0.15) is 0 Å². The zero-order valence-electron chi connectivity index (χ0n) is 13.2. The molecule has 1 atom stereocenters. The fourth-order valence-electron chi connectivity index (χ4n) is 2.15. The van der Waals surface area contributed by atoms with Gasteiger partial charge in [-0.3, -0.25) is 4.79 Å². The first kappa shape index (κ1) is 17.8. The van der Waals surface area contributed by atoms with E-state index in [1.54, 1.807) is 12.1 Å². The second-order valence-corrected chi connectivity index (χ2v) is 5.59. The van der Waals surface area contributed by atoms with Crippen molar-refractivity contribution in [3.05, 3.63) is 22.8 Å². The van der Waals surface area contributed by atoms with Crippen LogP contribution in [0.4, 0.5) is 5.82 Å². The first-order chi connectivity index (χ1) is 10.1. The molecule has 4 nitrogen and oxygen atoms in total. The van der Waals surface area contributed by atoms with Gasteiger partial charge in [0.25, 0.3) is 5.91 Å². The first-order valence-electron chi connectivity index (χ1n) is 7.80. The molecule has 0 aliphatic rings. The van der Waals surface area contributed by atoms with Crippen molar-refractivity contribution in [2.45, 2.75) is 46.5 Å². The van der Waals surface area contributed by atoms with Crippen molar-refractivity contribution < 1.29 is 4.79 Å². The van der Waals surface area contributed by atoms with Crippen molar-refractivity contribution in [1.82, 2.24) is 10.3 Å². The summed E-state index contributed by atoms with van der Waals surface area (Å²) in [5, 5.41) is 6.42. The number of aromatic nitrogens is 1. The van der Waals surface area contributed by atoms with Gasteiger partial charge in [-0.05, 0) is 31.4 Å². The molecule has 21 heavy (non-hydrogen) atoms. The van der Waals surface area contributed by atoms with E-state index in [4.69, 9.17) is 11.6 Å². The number of nitrogens with one attached hydrogen (secondary N) is 2. The number of unbranched alkanes of at least 4 members (excludes halogenated alkanes) is 1. The van der Waals surface area contributed by atoms with Crippen LogP contribution in [0.25, 0.3) is 0 Å². The van der Waals surface area contributed by atoms with Gasteiger partial charge in [-0.15, -0.1) is 0 Å². The summed E-state index contributed by atoms with van der Waals surface area (Å²) in [4.78, 5) is 16.5. The Balaban J connectivity index is 2.63. The predicted molar refractivity (Wildman–Crippen MR) is 89.0 cm³/mol. The van der Waals surface area contributed by atoms with E-state index in [1.807, 2.05) is 6.92 Å². The summed E-state index contributed by atoms with van der Waals surface area (Å²) >= 11 is 6.07. The minimum absolute atomic E-state index is 0.199. The molecule has 1 unspecified atom stereocenters. The Morgan fingerprint density at radius 1 is 1.33 bits per heavy atom. The van der Waals surface area contributed by atoms with Crippen molar-refractivity contribution in [3.63, 3.8) is 0 Å². The van der Waals surface area contributed by atoms with E-state index in [0.717, 1.165) is 19.4 Å². The minimum Gasteiger partial charge on any atom is -0.370 e. The topological polar surface area (TPSA) is 54.0 Å². The Morgan fingerprint density at radius 3 is 2.71 bits per heavy atom. The molecular formula is C16H26ClN3O. The van der Waals surface area contributed by atoms with E-state index in [-0.39, 0.29) is 5.91 Å². The van der Waals surface area contributed by atoms with E-state index in [0.29, 0.717) is 29.0 Å². The first-order valence-corrected chi connectivity index (χ1v) is 8.18. The van der Waals surface area contributed by atoms with Crippen LogP contribution in [0, 0.1) is 5.92 Å². The lowest BCUT2D eigenvalue weighted by molar-refractivity contribution is 0.0941. The summed E-state index contributed by atoms with van der Waals surface area (Å²) in [6.45, 7) is 7.75. The number of pyridine rings is 1. The zero-order chi connectivity index (χ0) is 15.7. The molecule has 1 amide bonds. The number of rotatable bonds is 9. The summed E-state index contributed by atoms with van der Waals surface area (Å²) in [7, 11) is 0. The number of hydrogen-bond donors (Lipinski definition) is 2. The van der Waals surface area contributed by atoms with Crippen LogP contribution >= 0.6 is 11.6 Å². The maximum Gasteiger partial charge on any atom is 0.271 e. The van der Waals surface area contributed by atoms with E-state index in [1.165, 1.54) is 12.8 Å². The van der Waals surface area contributed by atoms with Gasteiger partial charge in [0.2, 0.25) is 0 Å². The average molecular weight is 312 g/mol. The second kappa shape index (κ2) is 9.61. The maximum atomic E-state index is 12.2. The molecule has 2 N–H and O–H groups in total. The van der Waals surface area contributed by atoms with Crippen molar-refractivity contribution in [2.75, 3.05) is 18.4 Å². The molecule has 1 heterocycles. The Hall–Kier alpha value is -1.29. The second-order valence-electron chi connectivity index (χ2n) is 5.18. The van der Waals surface area contributed by atoms with Crippen molar-refractivity contribution in [2.24, 2.45) is 5.92 Å². The van der Waals surface area contributed by atoms with Crippen LogP contribution in [-0.2, 0) is 0 Å². The predicted octanol–water partition coefficient (Wildman–Crippen LogP) is 4.11. The van der Waals surface area contributed by atoms with Crippen LogP contribution in [-0.4, -0.2) is 24.0 Å². The van der Waals surface area contributed by atoms with Crippen LogP contribution in [0.1, 0.15) is 56.9 Å². The van der Waals surface area contributed by atoms with E-state index < -0.39 is 0 Å². The number of nitrogens with zero attached hydrogens (tertiary/aromatic N) is 1. The summed E-state index contributed by atoms with van der Waals surface area (Å²) in [5.74, 6) is 0.990. The van der Waals surface area contributed by atoms with Crippen molar-refractivity contribution in [3.8, 4) is 0 Å². The smallest absolute Gasteiger partial charge is 0.271 e. The van der Waals surface area contributed by atoms with Gasteiger partial charge in [0.05, 0.1) is 5.02 Å². The van der Waals surface area contributed by atoms with Crippen LogP contribution in [0.3, 0.4) is 0 Å². The molecule has 1 aromatic heterocycles. The van der Waals surface area contributed by atoms with Gasteiger partial charge in [-0.25, -0.2) is 4.98 Å². The largest absolute Gasteiger partial charge is 0.370 e. The van der Waals surface area contributed by atoms with E-state index in [9.17, 15) is 4.79 Å². The molecule has 5 heteroatoms. The standard InChI is InChI=1S/C16H26ClN3O/c1-4-7-8-12(5-2)11-19-16(21)15-13(17)9-10-14(20-15)18-6-3/h9-10,12H,4-8,11H2,1-3H3,(H,18,20)(H,19,21). The monoisotopic (exact) mass is 311 g/mol.